The molecule has 0 bridgehead atoms. The Balaban J connectivity index is 1.72. The second-order valence-electron chi connectivity index (χ2n) is 5.31. The third kappa shape index (κ3) is 1.84. The predicted molar refractivity (Wildman–Crippen MR) is 64.4 cm³/mol. The maximum absolute atomic E-state index is 13.2. The van der Waals surface area contributed by atoms with Crippen LogP contribution < -0.4 is 5.73 Å². The fraction of sp³-hybridized carbons (Fsp3) is 0.462. The molecule has 2 fully saturated rings. The number of hydrogen-bond acceptors (Lipinski definition) is 3. The SMILES string of the molecule is Nc1cc(F)cc(C(=O)N2CC(O)(C3CC3)C2)c1. The van der Waals surface area contributed by atoms with E-state index in [9.17, 15) is 14.3 Å². The van der Waals surface area contributed by atoms with E-state index in [-0.39, 0.29) is 17.2 Å². The Morgan fingerprint density at radius 3 is 2.61 bits per heavy atom. The molecule has 3 rings (SSSR count). The number of rotatable bonds is 2. The lowest BCUT2D eigenvalue weighted by atomic mass is 9.88. The molecule has 18 heavy (non-hydrogen) atoms. The summed E-state index contributed by atoms with van der Waals surface area (Å²) in [6, 6.07) is 3.81. The van der Waals surface area contributed by atoms with Crippen LogP contribution in [0.5, 0.6) is 0 Å². The summed E-state index contributed by atoms with van der Waals surface area (Å²) in [6.07, 6.45) is 2.07. The van der Waals surface area contributed by atoms with Crippen molar-refractivity contribution in [3.8, 4) is 0 Å². The van der Waals surface area contributed by atoms with Crippen LogP contribution in [0.2, 0.25) is 0 Å². The maximum atomic E-state index is 13.2. The predicted octanol–water partition coefficient (Wildman–Crippen LogP) is 1.00. The minimum atomic E-state index is -0.714. The van der Waals surface area contributed by atoms with Crippen molar-refractivity contribution in [1.29, 1.82) is 0 Å². The lowest BCUT2D eigenvalue weighted by molar-refractivity contribution is -0.0958. The van der Waals surface area contributed by atoms with Crippen molar-refractivity contribution in [2.24, 2.45) is 5.92 Å². The summed E-state index contributed by atoms with van der Waals surface area (Å²) in [6.45, 7) is 0.680. The molecule has 0 atom stereocenters. The first-order chi connectivity index (χ1) is 8.48. The maximum Gasteiger partial charge on any atom is 0.254 e. The van der Waals surface area contributed by atoms with Gasteiger partial charge in [-0.2, -0.15) is 0 Å². The van der Waals surface area contributed by atoms with Gasteiger partial charge < -0.3 is 15.7 Å². The summed E-state index contributed by atoms with van der Waals surface area (Å²) in [5, 5.41) is 10.1. The second kappa shape index (κ2) is 3.68. The molecule has 1 saturated carbocycles. The van der Waals surface area contributed by atoms with Gasteiger partial charge in [0, 0.05) is 11.3 Å². The number of carbonyl (C=O) groups excluding carboxylic acids is 1. The van der Waals surface area contributed by atoms with Gasteiger partial charge >= 0.3 is 0 Å². The zero-order valence-electron chi connectivity index (χ0n) is 9.90. The van der Waals surface area contributed by atoms with Gasteiger partial charge in [-0.05, 0) is 37.0 Å². The van der Waals surface area contributed by atoms with Crippen molar-refractivity contribution in [3.63, 3.8) is 0 Å². The van der Waals surface area contributed by atoms with Crippen LogP contribution in [0, 0.1) is 11.7 Å². The van der Waals surface area contributed by atoms with Gasteiger partial charge in [-0.15, -0.1) is 0 Å². The van der Waals surface area contributed by atoms with Crippen molar-refractivity contribution < 1.29 is 14.3 Å². The number of carbonyl (C=O) groups is 1. The van der Waals surface area contributed by atoms with E-state index in [4.69, 9.17) is 5.73 Å². The molecule has 1 amide bonds. The molecule has 0 unspecified atom stereocenters. The fourth-order valence-corrected chi connectivity index (χ4v) is 2.56. The number of hydrogen-bond donors (Lipinski definition) is 2. The lowest BCUT2D eigenvalue weighted by Crippen LogP contribution is -2.64. The Kier molecular flexibility index (Phi) is 2.35. The van der Waals surface area contributed by atoms with Gasteiger partial charge in [0.05, 0.1) is 13.1 Å². The Morgan fingerprint density at radius 1 is 1.39 bits per heavy atom. The van der Waals surface area contributed by atoms with Crippen molar-refractivity contribution in [2.75, 3.05) is 18.8 Å². The van der Waals surface area contributed by atoms with Crippen LogP contribution in [0.3, 0.4) is 0 Å². The largest absolute Gasteiger partial charge is 0.399 e. The number of halogens is 1. The van der Waals surface area contributed by atoms with Crippen LogP contribution >= 0.6 is 0 Å². The Bertz CT molecular complexity index is 487. The molecule has 0 spiro atoms. The molecular weight excluding hydrogens is 235 g/mol. The molecule has 3 N–H and O–H groups in total. The van der Waals surface area contributed by atoms with Gasteiger partial charge in [0.25, 0.3) is 5.91 Å². The summed E-state index contributed by atoms with van der Waals surface area (Å²) in [7, 11) is 0. The quantitative estimate of drug-likeness (QED) is 0.770. The highest BCUT2D eigenvalue weighted by Crippen LogP contribution is 2.44. The molecular formula is C13H15FN2O2. The number of β-amino-alcohol motifs (C(OH)–C–C–N with tert-alkyl or cyclic N) is 1. The molecule has 1 aliphatic carbocycles. The first kappa shape index (κ1) is 11.5. The molecule has 5 heteroatoms. The van der Waals surface area contributed by atoms with Crippen LogP contribution in [0.15, 0.2) is 18.2 Å². The van der Waals surface area contributed by atoms with Crippen LogP contribution in [0.25, 0.3) is 0 Å². The topological polar surface area (TPSA) is 66.6 Å². The summed E-state index contributed by atoms with van der Waals surface area (Å²) >= 11 is 0. The first-order valence-corrected chi connectivity index (χ1v) is 6.06. The van der Waals surface area contributed by atoms with Gasteiger partial charge in [-0.1, -0.05) is 0 Å². The van der Waals surface area contributed by atoms with Crippen LogP contribution in [0.1, 0.15) is 23.2 Å². The molecule has 4 nitrogen and oxygen atoms in total. The van der Waals surface area contributed by atoms with E-state index in [1.165, 1.54) is 23.1 Å². The Labute approximate surface area is 104 Å². The monoisotopic (exact) mass is 250 g/mol. The standard InChI is InChI=1S/C13H15FN2O2/c14-10-3-8(4-11(15)5-10)12(17)16-6-13(18,7-16)9-1-2-9/h3-5,9,18H,1-2,6-7,15H2. The average molecular weight is 250 g/mol. The van der Waals surface area contributed by atoms with E-state index in [2.05, 4.69) is 0 Å². The normalized spacial score (nSPS) is 21.6. The Hall–Kier alpha value is -1.62. The number of nitrogens with two attached hydrogens (primary N) is 1. The third-order valence-corrected chi connectivity index (χ3v) is 3.72. The van der Waals surface area contributed by atoms with Gasteiger partial charge in [-0.25, -0.2) is 4.39 Å². The minimum absolute atomic E-state index is 0.233. The number of nitrogens with zero attached hydrogens (tertiary/aromatic N) is 1. The smallest absolute Gasteiger partial charge is 0.254 e. The highest BCUT2D eigenvalue weighted by atomic mass is 19.1. The summed E-state index contributed by atoms with van der Waals surface area (Å²) < 4.78 is 13.2. The molecule has 1 heterocycles. The van der Waals surface area contributed by atoms with Gasteiger partial charge in [0.1, 0.15) is 11.4 Å². The van der Waals surface area contributed by atoms with E-state index in [1.807, 2.05) is 0 Å². The average Bonchev–Trinajstić information content (AvgIpc) is 3.06. The summed E-state index contributed by atoms with van der Waals surface area (Å²) in [5.74, 6) is -0.456. The van der Waals surface area contributed by atoms with Crippen LogP contribution in [0.4, 0.5) is 10.1 Å². The molecule has 1 aliphatic heterocycles. The van der Waals surface area contributed by atoms with Crippen LogP contribution in [-0.2, 0) is 0 Å². The van der Waals surface area contributed by atoms with Gasteiger partial charge in [0.2, 0.25) is 0 Å². The second-order valence-corrected chi connectivity index (χ2v) is 5.31. The molecule has 96 valence electrons. The minimum Gasteiger partial charge on any atom is -0.399 e. The fourth-order valence-electron chi connectivity index (χ4n) is 2.56. The van der Waals surface area contributed by atoms with Crippen LogP contribution in [-0.4, -0.2) is 34.6 Å². The number of aliphatic hydroxyl groups is 1. The van der Waals surface area contributed by atoms with E-state index < -0.39 is 11.4 Å². The highest BCUT2D eigenvalue weighted by molar-refractivity contribution is 5.95. The van der Waals surface area contributed by atoms with Crippen molar-refractivity contribution >= 4 is 11.6 Å². The number of amides is 1. The molecule has 1 saturated heterocycles. The van der Waals surface area contributed by atoms with E-state index in [1.54, 1.807) is 0 Å². The molecule has 1 aromatic rings. The Morgan fingerprint density at radius 2 is 2.06 bits per heavy atom. The van der Waals surface area contributed by atoms with E-state index >= 15 is 0 Å². The molecule has 2 aliphatic rings. The summed E-state index contributed by atoms with van der Waals surface area (Å²) in [5.41, 5.74) is 5.27. The molecule has 0 radical (unpaired) electrons. The van der Waals surface area contributed by atoms with Gasteiger partial charge in [-0.3, -0.25) is 4.79 Å². The zero-order chi connectivity index (χ0) is 12.9. The third-order valence-electron chi connectivity index (χ3n) is 3.72. The number of benzene rings is 1. The molecule has 0 aromatic heterocycles. The summed E-state index contributed by atoms with van der Waals surface area (Å²) in [4.78, 5) is 13.6. The number of nitrogen functional groups attached to an aromatic ring is 1. The van der Waals surface area contributed by atoms with E-state index in [0.717, 1.165) is 12.8 Å². The number of anilines is 1. The zero-order valence-corrected chi connectivity index (χ0v) is 9.90. The van der Waals surface area contributed by atoms with Crippen molar-refractivity contribution in [2.45, 2.75) is 18.4 Å². The lowest BCUT2D eigenvalue weighted by Gasteiger charge is -2.47. The highest BCUT2D eigenvalue weighted by Gasteiger charge is 2.53. The van der Waals surface area contributed by atoms with E-state index in [0.29, 0.717) is 19.0 Å². The number of likely N-dealkylation sites (tertiary alicyclic amines) is 1. The first-order valence-electron chi connectivity index (χ1n) is 6.06. The van der Waals surface area contributed by atoms with Crippen molar-refractivity contribution in [3.05, 3.63) is 29.6 Å². The van der Waals surface area contributed by atoms with Gasteiger partial charge in [0.15, 0.2) is 0 Å². The van der Waals surface area contributed by atoms with Crippen molar-refractivity contribution in [1.82, 2.24) is 4.90 Å². The molecule has 1 aromatic carbocycles.